The molecule has 1 fully saturated rings. The van der Waals surface area contributed by atoms with Gasteiger partial charge in [0.05, 0.1) is 36.1 Å². The molecule has 3 aromatic heterocycles. The lowest BCUT2D eigenvalue weighted by Crippen LogP contribution is -2.40. The molecule has 1 aromatic carbocycles. The fraction of sp³-hybridized carbons (Fsp3) is 0.429. The van der Waals surface area contributed by atoms with E-state index in [2.05, 4.69) is 20.5 Å². The summed E-state index contributed by atoms with van der Waals surface area (Å²) < 4.78 is 28.5. The summed E-state index contributed by atoms with van der Waals surface area (Å²) in [5.41, 5.74) is 2.39. The molecule has 12 heteroatoms. The molecular weight excluding hydrogens is 517 g/mol. The first-order valence-corrected chi connectivity index (χ1v) is 13.2. The number of fused-ring (bicyclic) bond motifs is 2. The SMILES string of the molecule is COCCn1cc2c(N3CCC(NC(=O)OC(C)(C)C)C3)ccc(C(=O)Nc3cc(F)c4nc(C)cn4c3)c2n1. The van der Waals surface area contributed by atoms with E-state index in [1.54, 1.807) is 41.6 Å². The number of imidazole rings is 1. The van der Waals surface area contributed by atoms with Crippen molar-refractivity contribution in [1.29, 1.82) is 0 Å². The quantitative estimate of drug-likeness (QED) is 0.355. The maximum atomic E-state index is 14.6. The van der Waals surface area contributed by atoms with Crippen LogP contribution in [0, 0.1) is 12.7 Å². The highest BCUT2D eigenvalue weighted by Crippen LogP contribution is 2.32. The van der Waals surface area contributed by atoms with Crippen molar-refractivity contribution < 1.29 is 23.5 Å². The monoisotopic (exact) mass is 551 g/mol. The van der Waals surface area contributed by atoms with Crippen LogP contribution in [0.25, 0.3) is 16.6 Å². The number of amides is 2. The van der Waals surface area contributed by atoms with Crippen LogP contribution in [-0.2, 0) is 16.0 Å². The molecule has 4 aromatic rings. The Morgan fingerprint density at radius 3 is 2.75 bits per heavy atom. The molecule has 212 valence electrons. The van der Waals surface area contributed by atoms with Crippen LogP contribution in [0.15, 0.2) is 36.8 Å². The maximum Gasteiger partial charge on any atom is 0.407 e. The van der Waals surface area contributed by atoms with E-state index in [1.807, 2.05) is 33.0 Å². The smallest absolute Gasteiger partial charge is 0.407 e. The highest BCUT2D eigenvalue weighted by molar-refractivity contribution is 6.14. The molecule has 40 heavy (non-hydrogen) atoms. The van der Waals surface area contributed by atoms with Crippen molar-refractivity contribution in [3.05, 3.63) is 53.9 Å². The van der Waals surface area contributed by atoms with Gasteiger partial charge in [-0.15, -0.1) is 0 Å². The summed E-state index contributed by atoms with van der Waals surface area (Å²) in [6, 6.07) is 4.79. The first-order chi connectivity index (χ1) is 19.0. The van der Waals surface area contributed by atoms with Gasteiger partial charge in [-0.2, -0.15) is 5.10 Å². The number of carbonyl (C=O) groups excluding carboxylic acids is 2. The van der Waals surface area contributed by atoms with Gasteiger partial charge in [-0.1, -0.05) is 0 Å². The molecule has 1 aliphatic heterocycles. The number of hydrogen-bond acceptors (Lipinski definition) is 7. The normalized spacial score (nSPS) is 15.7. The van der Waals surface area contributed by atoms with Crippen molar-refractivity contribution in [2.45, 2.75) is 52.3 Å². The maximum absolute atomic E-state index is 14.6. The van der Waals surface area contributed by atoms with E-state index in [0.29, 0.717) is 48.7 Å². The number of nitrogens with zero attached hydrogens (tertiary/aromatic N) is 5. The zero-order chi connectivity index (χ0) is 28.6. The number of nitrogens with one attached hydrogen (secondary N) is 2. The van der Waals surface area contributed by atoms with E-state index in [-0.39, 0.29) is 11.7 Å². The number of ether oxygens (including phenoxy) is 2. The highest BCUT2D eigenvalue weighted by atomic mass is 19.1. The second-order valence-electron chi connectivity index (χ2n) is 11.0. The van der Waals surface area contributed by atoms with Crippen LogP contribution in [0.3, 0.4) is 0 Å². The number of halogens is 1. The van der Waals surface area contributed by atoms with Gasteiger partial charge in [0.1, 0.15) is 11.1 Å². The van der Waals surface area contributed by atoms with E-state index in [1.165, 1.54) is 6.07 Å². The van der Waals surface area contributed by atoms with Crippen molar-refractivity contribution in [2.75, 3.05) is 37.0 Å². The molecule has 2 amide bonds. The first-order valence-electron chi connectivity index (χ1n) is 13.2. The second-order valence-corrected chi connectivity index (χ2v) is 11.0. The van der Waals surface area contributed by atoms with Crippen LogP contribution in [0.5, 0.6) is 0 Å². The Morgan fingerprint density at radius 2 is 2.00 bits per heavy atom. The van der Waals surface area contributed by atoms with Crippen molar-refractivity contribution in [3.8, 4) is 0 Å². The fourth-order valence-electron chi connectivity index (χ4n) is 4.91. The number of anilines is 2. The summed E-state index contributed by atoms with van der Waals surface area (Å²) >= 11 is 0. The second kappa shape index (κ2) is 10.8. The van der Waals surface area contributed by atoms with Gasteiger partial charge in [-0.25, -0.2) is 14.2 Å². The Labute approximate surface area is 231 Å². The molecule has 1 aliphatic rings. The van der Waals surface area contributed by atoms with Crippen LogP contribution >= 0.6 is 0 Å². The number of alkyl carbamates (subject to hydrolysis) is 1. The van der Waals surface area contributed by atoms with Gasteiger partial charge in [-0.3, -0.25) is 9.48 Å². The largest absolute Gasteiger partial charge is 0.444 e. The van der Waals surface area contributed by atoms with E-state index >= 15 is 0 Å². The number of benzene rings is 1. The van der Waals surface area contributed by atoms with Crippen LogP contribution in [-0.4, -0.2) is 69.6 Å². The number of rotatable bonds is 7. The number of methoxy groups -OCH3 is 1. The Kier molecular flexibility index (Phi) is 7.37. The molecule has 0 saturated carbocycles. The molecule has 2 N–H and O–H groups in total. The average molecular weight is 552 g/mol. The fourth-order valence-corrected chi connectivity index (χ4v) is 4.91. The summed E-state index contributed by atoms with van der Waals surface area (Å²) in [5, 5.41) is 11.2. The predicted molar refractivity (Wildman–Crippen MR) is 149 cm³/mol. The number of aryl methyl sites for hydroxylation is 1. The summed E-state index contributed by atoms with van der Waals surface area (Å²) in [5.74, 6) is -0.936. The Balaban J connectivity index is 1.41. The van der Waals surface area contributed by atoms with Crippen LogP contribution in [0.2, 0.25) is 0 Å². The third-order valence-electron chi connectivity index (χ3n) is 6.60. The van der Waals surface area contributed by atoms with Crippen LogP contribution in [0.4, 0.5) is 20.6 Å². The Morgan fingerprint density at radius 1 is 1.20 bits per heavy atom. The molecule has 1 saturated heterocycles. The minimum atomic E-state index is -0.572. The molecule has 0 bridgehead atoms. The molecule has 0 aliphatic carbocycles. The first kappa shape index (κ1) is 27.4. The third-order valence-corrected chi connectivity index (χ3v) is 6.60. The summed E-state index contributed by atoms with van der Waals surface area (Å²) in [7, 11) is 1.62. The molecule has 4 heterocycles. The number of pyridine rings is 1. The lowest BCUT2D eigenvalue weighted by molar-refractivity contribution is 0.0509. The molecule has 5 rings (SSSR count). The van der Waals surface area contributed by atoms with Gasteiger partial charge in [0.15, 0.2) is 11.5 Å². The molecule has 0 radical (unpaired) electrons. The molecular formula is C28H34FN7O4. The van der Waals surface area contributed by atoms with Gasteiger partial charge in [0.2, 0.25) is 0 Å². The Bertz CT molecular complexity index is 1570. The Hall–Kier alpha value is -4.19. The zero-order valence-electron chi connectivity index (χ0n) is 23.3. The number of aromatic nitrogens is 4. The number of carbonyl (C=O) groups is 2. The minimum Gasteiger partial charge on any atom is -0.444 e. The van der Waals surface area contributed by atoms with E-state index in [9.17, 15) is 14.0 Å². The van der Waals surface area contributed by atoms with Gasteiger partial charge in [0, 0.05) is 55.9 Å². The topological polar surface area (TPSA) is 115 Å². The number of hydrogen-bond donors (Lipinski definition) is 2. The molecule has 1 unspecified atom stereocenters. The average Bonchev–Trinajstić information content (AvgIpc) is 3.59. The molecule has 0 spiro atoms. The standard InChI is InChI=1S/C28H34FN7O4/c1-17-13-35-15-19(12-22(29)25(35)30-17)31-26(37)20-6-7-23(21-16-36(10-11-39-5)33-24(20)21)34-9-8-18(14-34)32-27(38)40-28(2,3)4/h6-7,12-13,15-16,18H,8-11,14H2,1-5H3,(H,31,37)(H,32,38). The lowest BCUT2D eigenvalue weighted by Gasteiger charge is -2.23. The third kappa shape index (κ3) is 5.86. The van der Waals surface area contributed by atoms with E-state index < -0.39 is 23.4 Å². The van der Waals surface area contributed by atoms with Crippen LogP contribution in [0.1, 0.15) is 43.2 Å². The van der Waals surface area contributed by atoms with Crippen molar-refractivity contribution in [3.63, 3.8) is 0 Å². The molecule has 11 nitrogen and oxygen atoms in total. The van der Waals surface area contributed by atoms with Gasteiger partial charge in [0.25, 0.3) is 5.91 Å². The lowest BCUT2D eigenvalue weighted by atomic mass is 10.1. The summed E-state index contributed by atoms with van der Waals surface area (Å²) in [6.45, 7) is 9.54. The van der Waals surface area contributed by atoms with Crippen molar-refractivity contribution in [2.24, 2.45) is 0 Å². The van der Waals surface area contributed by atoms with Crippen molar-refractivity contribution >= 4 is 39.9 Å². The van der Waals surface area contributed by atoms with Gasteiger partial charge < -0.3 is 29.4 Å². The zero-order valence-corrected chi connectivity index (χ0v) is 23.3. The van der Waals surface area contributed by atoms with Gasteiger partial charge in [-0.05, 0) is 46.2 Å². The minimum absolute atomic E-state index is 0.0759. The van der Waals surface area contributed by atoms with E-state index in [4.69, 9.17) is 14.6 Å². The van der Waals surface area contributed by atoms with E-state index in [0.717, 1.165) is 17.5 Å². The van der Waals surface area contributed by atoms with Gasteiger partial charge >= 0.3 is 6.09 Å². The van der Waals surface area contributed by atoms with Crippen molar-refractivity contribution in [1.82, 2.24) is 24.5 Å². The summed E-state index contributed by atoms with van der Waals surface area (Å²) in [6.07, 6.45) is 5.53. The highest BCUT2D eigenvalue weighted by Gasteiger charge is 2.28. The van der Waals surface area contributed by atoms with Crippen LogP contribution < -0.4 is 15.5 Å². The molecule has 1 atom stereocenters. The summed E-state index contributed by atoms with van der Waals surface area (Å²) in [4.78, 5) is 32.0. The predicted octanol–water partition coefficient (Wildman–Crippen LogP) is 4.13.